The summed E-state index contributed by atoms with van der Waals surface area (Å²) in [5.41, 5.74) is 3.87. The first-order valence-electron chi connectivity index (χ1n) is 7.34. The number of fused-ring (bicyclic) bond motifs is 1. The number of nitrogens with zero attached hydrogens (tertiary/aromatic N) is 2. The Bertz CT molecular complexity index is 787. The van der Waals surface area contributed by atoms with Gasteiger partial charge in [-0.15, -0.1) is 0 Å². The summed E-state index contributed by atoms with van der Waals surface area (Å²) in [4.78, 5) is 9.24. The summed E-state index contributed by atoms with van der Waals surface area (Å²) in [6, 6.07) is 16.0. The summed E-state index contributed by atoms with van der Waals surface area (Å²) >= 11 is 0. The average molecular weight is 295 g/mol. The summed E-state index contributed by atoms with van der Waals surface area (Å²) in [5.74, 6) is 0. The molecule has 1 aliphatic heterocycles. The third-order valence-corrected chi connectivity index (χ3v) is 4.16. The third kappa shape index (κ3) is 2.06. The maximum absolute atomic E-state index is 10.3. The van der Waals surface area contributed by atoms with E-state index >= 15 is 0 Å². The molecule has 2 aromatic carbocycles. The number of H-pyrrole nitrogens is 1. The van der Waals surface area contributed by atoms with Crippen LogP contribution in [-0.2, 0) is 4.74 Å². The number of hydrogen-bond donors (Lipinski definition) is 2. The molecule has 2 heterocycles. The van der Waals surface area contributed by atoms with Gasteiger partial charge in [0.05, 0.1) is 29.5 Å². The quantitative estimate of drug-likeness (QED) is 0.763. The van der Waals surface area contributed by atoms with Gasteiger partial charge in [0.15, 0.2) is 0 Å². The van der Waals surface area contributed by atoms with Crippen LogP contribution in [0, 0.1) is 0 Å². The van der Waals surface area contributed by atoms with Crippen molar-refractivity contribution in [3.63, 3.8) is 0 Å². The number of rotatable bonds is 2. The van der Waals surface area contributed by atoms with Crippen molar-refractivity contribution in [2.24, 2.45) is 0 Å². The number of aliphatic hydroxyl groups is 1. The van der Waals surface area contributed by atoms with Crippen LogP contribution < -0.4 is 4.90 Å². The summed E-state index contributed by atoms with van der Waals surface area (Å²) in [6.07, 6.45) is 0.610. The van der Waals surface area contributed by atoms with Crippen LogP contribution in [0.5, 0.6) is 0 Å². The number of aromatic amines is 1. The SMILES string of the molecule is CC1OC(O)N(c2ccc3nc[nH]c3c2)C1c1ccccc1. The summed E-state index contributed by atoms with van der Waals surface area (Å²) in [6.45, 7) is 1.98. The predicted molar refractivity (Wildman–Crippen MR) is 84.3 cm³/mol. The fourth-order valence-corrected chi connectivity index (χ4v) is 3.15. The topological polar surface area (TPSA) is 61.4 Å². The van der Waals surface area contributed by atoms with Gasteiger partial charge in [-0.25, -0.2) is 4.98 Å². The molecule has 3 unspecified atom stereocenters. The number of imidazole rings is 1. The maximum atomic E-state index is 10.3. The van der Waals surface area contributed by atoms with Gasteiger partial charge in [0.1, 0.15) is 0 Å². The lowest BCUT2D eigenvalue weighted by Crippen LogP contribution is -2.32. The fourth-order valence-electron chi connectivity index (χ4n) is 3.15. The molecule has 0 aliphatic carbocycles. The lowest BCUT2D eigenvalue weighted by molar-refractivity contribution is -0.0843. The number of ether oxygens (including phenoxy) is 1. The van der Waals surface area contributed by atoms with Crippen LogP contribution in [0.3, 0.4) is 0 Å². The molecule has 0 saturated carbocycles. The molecule has 0 radical (unpaired) electrons. The van der Waals surface area contributed by atoms with Gasteiger partial charge in [0.2, 0.25) is 6.41 Å². The Kier molecular flexibility index (Phi) is 3.10. The number of nitrogens with one attached hydrogen (secondary N) is 1. The van der Waals surface area contributed by atoms with E-state index in [1.807, 2.05) is 48.2 Å². The molecular formula is C17H17N3O2. The Morgan fingerprint density at radius 2 is 2.00 bits per heavy atom. The maximum Gasteiger partial charge on any atom is 0.238 e. The molecule has 3 aromatic rings. The molecule has 3 atom stereocenters. The Morgan fingerprint density at radius 3 is 2.82 bits per heavy atom. The number of hydrogen-bond acceptors (Lipinski definition) is 4. The average Bonchev–Trinajstić information content (AvgIpc) is 3.11. The summed E-state index contributed by atoms with van der Waals surface area (Å²) < 4.78 is 5.64. The second kappa shape index (κ2) is 5.12. The molecule has 1 aliphatic rings. The molecule has 5 nitrogen and oxygen atoms in total. The van der Waals surface area contributed by atoms with Crippen LogP contribution in [0.4, 0.5) is 5.69 Å². The van der Waals surface area contributed by atoms with Crippen LogP contribution in [0.1, 0.15) is 18.5 Å². The molecule has 0 bridgehead atoms. The van der Waals surface area contributed by atoms with Gasteiger partial charge in [-0.3, -0.25) is 0 Å². The van der Waals surface area contributed by atoms with Gasteiger partial charge < -0.3 is 19.7 Å². The molecule has 0 amide bonds. The van der Waals surface area contributed by atoms with Crippen LogP contribution >= 0.6 is 0 Å². The highest BCUT2D eigenvalue weighted by Crippen LogP contribution is 2.39. The minimum absolute atomic E-state index is 0.0310. The molecule has 112 valence electrons. The standard InChI is InChI=1S/C17H17N3O2/c1-11-16(12-5-3-2-4-6-12)20(17(21)22-11)13-7-8-14-15(9-13)19-10-18-14/h2-11,16-17,21H,1H3,(H,18,19). The minimum atomic E-state index is -0.958. The van der Waals surface area contributed by atoms with E-state index in [1.165, 1.54) is 0 Å². The number of aromatic nitrogens is 2. The monoisotopic (exact) mass is 295 g/mol. The largest absolute Gasteiger partial charge is 0.351 e. The molecule has 1 aromatic heterocycles. The highest BCUT2D eigenvalue weighted by Gasteiger charge is 2.40. The van der Waals surface area contributed by atoms with Crippen molar-refractivity contribution in [2.45, 2.75) is 25.5 Å². The van der Waals surface area contributed by atoms with E-state index in [1.54, 1.807) is 6.33 Å². The van der Waals surface area contributed by atoms with Crippen LogP contribution in [-0.4, -0.2) is 27.6 Å². The summed E-state index contributed by atoms with van der Waals surface area (Å²) in [5, 5.41) is 10.3. The Hall–Kier alpha value is -2.37. The zero-order chi connectivity index (χ0) is 15.1. The molecular weight excluding hydrogens is 278 g/mol. The normalized spacial score (nSPS) is 25.0. The van der Waals surface area contributed by atoms with Gasteiger partial charge in [-0.05, 0) is 30.7 Å². The van der Waals surface area contributed by atoms with Crippen molar-refractivity contribution < 1.29 is 9.84 Å². The van der Waals surface area contributed by atoms with Crippen molar-refractivity contribution in [1.29, 1.82) is 0 Å². The van der Waals surface area contributed by atoms with Gasteiger partial charge in [-0.2, -0.15) is 0 Å². The molecule has 0 spiro atoms. The third-order valence-electron chi connectivity index (χ3n) is 4.16. The lowest BCUT2D eigenvalue weighted by Gasteiger charge is -2.28. The zero-order valence-electron chi connectivity index (χ0n) is 12.2. The van der Waals surface area contributed by atoms with Crippen molar-refractivity contribution in [2.75, 3.05) is 4.90 Å². The molecule has 1 saturated heterocycles. The smallest absolute Gasteiger partial charge is 0.238 e. The number of benzene rings is 2. The second-order valence-electron chi connectivity index (χ2n) is 5.53. The Balaban J connectivity index is 1.79. The van der Waals surface area contributed by atoms with E-state index < -0.39 is 6.41 Å². The van der Waals surface area contributed by atoms with Gasteiger partial charge in [0, 0.05) is 5.69 Å². The van der Waals surface area contributed by atoms with Crippen LogP contribution in [0.15, 0.2) is 54.9 Å². The van der Waals surface area contributed by atoms with E-state index in [0.29, 0.717) is 0 Å². The Labute approximate surface area is 128 Å². The number of aliphatic hydroxyl groups excluding tert-OH is 1. The predicted octanol–water partition coefficient (Wildman–Crippen LogP) is 2.81. The Morgan fingerprint density at radius 1 is 1.18 bits per heavy atom. The van der Waals surface area contributed by atoms with Gasteiger partial charge in [0.25, 0.3) is 0 Å². The van der Waals surface area contributed by atoms with Crippen LogP contribution in [0.25, 0.3) is 11.0 Å². The molecule has 22 heavy (non-hydrogen) atoms. The van der Waals surface area contributed by atoms with Crippen molar-refractivity contribution in [3.8, 4) is 0 Å². The van der Waals surface area contributed by atoms with Gasteiger partial charge >= 0.3 is 0 Å². The zero-order valence-corrected chi connectivity index (χ0v) is 12.2. The van der Waals surface area contributed by atoms with E-state index in [4.69, 9.17) is 4.74 Å². The van der Waals surface area contributed by atoms with E-state index in [-0.39, 0.29) is 12.1 Å². The van der Waals surface area contributed by atoms with Gasteiger partial charge in [-0.1, -0.05) is 30.3 Å². The van der Waals surface area contributed by atoms with E-state index in [9.17, 15) is 5.11 Å². The van der Waals surface area contributed by atoms with Crippen molar-refractivity contribution >= 4 is 16.7 Å². The van der Waals surface area contributed by atoms with Crippen molar-refractivity contribution in [3.05, 3.63) is 60.4 Å². The highest BCUT2D eigenvalue weighted by molar-refractivity contribution is 5.79. The molecule has 2 N–H and O–H groups in total. The molecule has 5 heteroatoms. The minimum Gasteiger partial charge on any atom is -0.351 e. The van der Waals surface area contributed by atoms with Crippen molar-refractivity contribution in [1.82, 2.24) is 9.97 Å². The van der Waals surface area contributed by atoms with Crippen LogP contribution in [0.2, 0.25) is 0 Å². The first-order valence-corrected chi connectivity index (χ1v) is 7.34. The van der Waals surface area contributed by atoms with E-state index in [0.717, 1.165) is 22.3 Å². The second-order valence-corrected chi connectivity index (χ2v) is 5.53. The molecule has 4 rings (SSSR count). The highest BCUT2D eigenvalue weighted by atomic mass is 16.6. The first-order chi connectivity index (χ1) is 10.7. The lowest BCUT2D eigenvalue weighted by atomic mass is 10.0. The first kappa shape index (κ1) is 13.3. The summed E-state index contributed by atoms with van der Waals surface area (Å²) in [7, 11) is 0. The molecule has 1 fully saturated rings. The number of anilines is 1. The fraction of sp³-hybridized carbons (Fsp3) is 0.235. The van der Waals surface area contributed by atoms with E-state index in [2.05, 4.69) is 22.1 Å².